The molecule has 1 aromatic carbocycles. The van der Waals surface area contributed by atoms with Crippen LogP contribution in [0.25, 0.3) is 0 Å². The molecule has 0 saturated carbocycles. The molecule has 2 N–H and O–H groups in total. The molecule has 0 bridgehead atoms. The Bertz CT molecular complexity index is 536. The average molecular weight is 243 g/mol. The summed E-state index contributed by atoms with van der Waals surface area (Å²) in [6, 6.07) is 6.48. The topological polar surface area (TPSA) is 53.1 Å². The van der Waals surface area contributed by atoms with Gasteiger partial charge in [0.05, 0.1) is 25.5 Å². The second kappa shape index (κ2) is 4.46. The molecule has 2 atom stereocenters. The Balaban J connectivity index is 1.95. The van der Waals surface area contributed by atoms with Crippen LogP contribution in [-0.4, -0.2) is 16.7 Å². The quantitative estimate of drug-likeness (QED) is 0.878. The van der Waals surface area contributed by atoms with Crippen molar-refractivity contribution < 1.29 is 4.74 Å². The fraction of sp³-hybridized carbons (Fsp3) is 0.357. The van der Waals surface area contributed by atoms with Crippen LogP contribution in [0.15, 0.2) is 36.9 Å². The SMILES string of the molecule is COc1ccc2c(c1)CCC(n1ccnc1)C2N. The number of nitrogens with zero attached hydrogens (tertiary/aromatic N) is 2. The maximum atomic E-state index is 6.38. The van der Waals surface area contributed by atoms with Crippen LogP contribution in [0.1, 0.15) is 29.6 Å². The fourth-order valence-corrected chi connectivity index (χ4v) is 2.74. The highest BCUT2D eigenvalue weighted by Gasteiger charge is 2.27. The number of rotatable bonds is 2. The van der Waals surface area contributed by atoms with Crippen LogP contribution < -0.4 is 10.5 Å². The molecule has 94 valence electrons. The largest absolute Gasteiger partial charge is 0.497 e. The first-order valence-electron chi connectivity index (χ1n) is 6.19. The van der Waals surface area contributed by atoms with E-state index in [1.54, 1.807) is 13.3 Å². The zero-order valence-electron chi connectivity index (χ0n) is 10.4. The van der Waals surface area contributed by atoms with Crippen LogP contribution >= 0.6 is 0 Å². The molecule has 1 aliphatic carbocycles. The van der Waals surface area contributed by atoms with Crippen molar-refractivity contribution in [2.24, 2.45) is 5.73 Å². The van der Waals surface area contributed by atoms with Gasteiger partial charge in [0.1, 0.15) is 5.75 Å². The number of methoxy groups -OCH3 is 1. The van der Waals surface area contributed by atoms with E-state index in [9.17, 15) is 0 Å². The molecule has 1 aliphatic rings. The molecule has 0 amide bonds. The predicted octanol–water partition coefficient (Wildman–Crippen LogP) is 2.08. The van der Waals surface area contributed by atoms with Crippen molar-refractivity contribution in [3.05, 3.63) is 48.0 Å². The summed E-state index contributed by atoms with van der Waals surface area (Å²) in [4.78, 5) is 4.10. The highest BCUT2D eigenvalue weighted by Crippen LogP contribution is 2.37. The van der Waals surface area contributed by atoms with Crippen molar-refractivity contribution in [2.45, 2.75) is 24.9 Å². The van der Waals surface area contributed by atoms with Crippen LogP contribution in [0.5, 0.6) is 5.75 Å². The summed E-state index contributed by atoms with van der Waals surface area (Å²) in [6.45, 7) is 0. The number of hydrogen-bond donors (Lipinski definition) is 1. The molecule has 3 rings (SSSR count). The van der Waals surface area contributed by atoms with E-state index in [1.807, 2.05) is 18.6 Å². The second-order valence-electron chi connectivity index (χ2n) is 4.71. The lowest BCUT2D eigenvalue weighted by atomic mass is 9.84. The molecule has 0 aliphatic heterocycles. The average Bonchev–Trinajstić information content (AvgIpc) is 2.92. The zero-order valence-corrected chi connectivity index (χ0v) is 10.4. The van der Waals surface area contributed by atoms with Gasteiger partial charge in [-0.05, 0) is 36.1 Å². The number of imidazole rings is 1. The number of hydrogen-bond acceptors (Lipinski definition) is 3. The van der Waals surface area contributed by atoms with E-state index in [-0.39, 0.29) is 6.04 Å². The van der Waals surface area contributed by atoms with E-state index >= 15 is 0 Å². The van der Waals surface area contributed by atoms with Gasteiger partial charge in [-0.3, -0.25) is 0 Å². The van der Waals surface area contributed by atoms with E-state index < -0.39 is 0 Å². The first kappa shape index (κ1) is 11.3. The van der Waals surface area contributed by atoms with Crippen LogP contribution in [0.4, 0.5) is 0 Å². The van der Waals surface area contributed by atoms with Gasteiger partial charge < -0.3 is 15.0 Å². The summed E-state index contributed by atoms with van der Waals surface area (Å²) in [5, 5.41) is 0. The molecular weight excluding hydrogens is 226 g/mol. The lowest BCUT2D eigenvalue weighted by Crippen LogP contribution is -2.29. The van der Waals surface area contributed by atoms with Crippen LogP contribution in [0.2, 0.25) is 0 Å². The van der Waals surface area contributed by atoms with Gasteiger partial charge in [-0.2, -0.15) is 0 Å². The molecule has 1 heterocycles. The normalized spacial score (nSPS) is 22.6. The summed E-state index contributed by atoms with van der Waals surface area (Å²) in [5.74, 6) is 0.905. The van der Waals surface area contributed by atoms with Gasteiger partial charge in [0, 0.05) is 12.4 Å². The summed E-state index contributed by atoms with van der Waals surface area (Å²) in [5.41, 5.74) is 8.91. The Morgan fingerprint density at radius 3 is 3.06 bits per heavy atom. The smallest absolute Gasteiger partial charge is 0.119 e. The minimum absolute atomic E-state index is 0.0221. The van der Waals surface area contributed by atoms with E-state index in [1.165, 1.54) is 11.1 Å². The lowest BCUT2D eigenvalue weighted by molar-refractivity contribution is 0.367. The lowest BCUT2D eigenvalue weighted by Gasteiger charge is -2.32. The van der Waals surface area contributed by atoms with Crippen molar-refractivity contribution >= 4 is 0 Å². The summed E-state index contributed by atoms with van der Waals surface area (Å²) in [6.07, 6.45) is 7.70. The number of aryl methyl sites for hydroxylation is 1. The molecule has 1 aromatic heterocycles. The number of nitrogens with two attached hydrogens (primary N) is 1. The van der Waals surface area contributed by atoms with Gasteiger partial charge in [-0.15, -0.1) is 0 Å². The Morgan fingerprint density at radius 2 is 2.33 bits per heavy atom. The predicted molar refractivity (Wildman–Crippen MR) is 69.5 cm³/mol. The first-order valence-corrected chi connectivity index (χ1v) is 6.19. The maximum Gasteiger partial charge on any atom is 0.119 e. The van der Waals surface area contributed by atoms with Crippen molar-refractivity contribution in [3.8, 4) is 5.75 Å². The highest BCUT2D eigenvalue weighted by atomic mass is 16.5. The van der Waals surface area contributed by atoms with Crippen molar-refractivity contribution in [1.29, 1.82) is 0 Å². The molecule has 4 nitrogen and oxygen atoms in total. The Hall–Kier alpha value is -1.81. The monoisotopic (exact) mass is 243 g/mol. The third kappa shape index (κ3) is 1.78. The number of ether oxygens (including phenoxy) is 1. The standard InChI is InChI=1S/C14H17N3O/c1-18-11-3-4-12-10(8-11)2-5-13(14(12)15)17-7-6-16-9-17/h3-4,6-9,13-14H,2,5,15H2,1H3. The number of benzene rings is 1. The highest BCUT2D eigenvalue weighted by molar-refractivity contribution is 5.39. The third-order valence-corrected chi connectivity index (χ3v) is 3.74. The number of aromatic nitrogens is 2. The Morgan fingerprint density at radius 1 is 1.44 bits per heavy atom. The molecule has 0 saturated heterocycles. The van der Waals surface area contributed by atoms with Gasteiger partial charge in [-0.1, -0.05) is 6.07 Å². The summed E-state index contributed by atoms with van der Waals surface area (Å²) >= 11 is 0. The summed E-state index contributed by atoms with van der Waals surface area (Å²) < 4.78 is 7.37. The van der Waals surface area contributed by atoms with E-state index in [2.05, 4.69) is 21.7 Å². The molecule has 2 aromatic rings. The van der Waals surface area contributed by atoms with Crippen LogP contribution in [0.3, 0.4) is 0 Å². The molecule has 0 fully saturated rings. The van der Waals surface area contributed by atoms with Gasteiger partial charge in [0.25, 0.3) is 0 Å². The van der Waals surface area contributed by atoms with Crippen molar-refractivity contribution in [2.75, 3.05) is 7.11 Å². The van der Waals surface area contributed by atoms with E-state index in [0.717, 1.165) is 18.6 Å². The maximum absolute atomic E-state index is 6.38. The summed E-state index contributed by atoms with van der Waals surface area (Å²) in [7, 11) is 1.69. The van der Waals surface area contributed by atoms with E-state index in [4.69, 9.17) is 10.5 Å². The van der Waals surface area contributed by atoms with Gasteiger partial charge in [0.2, 0.25) is 0 Å². The third-order valence-electron chi connectivity index (χ3n) is 3.74. The minimum Gasteiger partial charge on any atom is -0.497 e. The first-order chi connectivity index (χ1) is 8.79. The fourth-order valence-electron chi connectivity index (χ4n) is 2.74. The van der Waals surface area contributed by atoms with E-state index in [0.29, 0.717) is 6.04 Å². The number of fused-ring (bicyclic) bond motifs is 1. The van der Waals surface area contributed by atoms with Crippen LogP contribution in [-0.2, 0) is 6.42 Å². The second-order valence-corrected chi connectivity index (χ2v) is 4.71. The molecule has 0 spiro atoms. The molecular formula is C14H17N3O. The van der Waals surface area contributed by atoms with Gasteiger partial charge in [-0.25, -0.2) is 4.98 Å². The van der Waals surface area contributed by atoms with Crippen LogP contribution in [0, 0.1) is 0 Å². The van der Waals surface area contributed by atoms with Gasteiger partial charge >= 0.3 is 0 Å². The molecule has 2 unspecified atom stereocenters. The van der Waals surface area contributed by atoms with Crippen molar-refractivity contribution in [3.63, 3.8) is 0 Å². The van der Waals surface area contributed by atoms with Crippen molar-refractivity contribution in [1.82, 2.24) is 9.55 Å². The molecule has 0 radical (unpaired) electrons. The molecule has 4 heteroatoms. The minimum atomic E-state index is 0.0221. The Kier molecular flexibility index (Phi) is 2.80. The Labute approximate surface area is 106 Å². The molecule has 18 heavy (non-hydrogen) atoms. The zero-order chi connectivity index (χ0) is 12.5. The van der Waals surface area contributed by atoms with Gasteiger partial charge in [0.15, 0.2) is 0 Å².